The van der Waals surface area contributed by atoms with Crippen molar-refractivity contribution < 1.29 is 19.0 Å². The van der Waals surface area contributed by atoms with E-state index in [-0.39, 0.29) is 5.91 Å². The molecule has 3 rings (SSSR count). The molecule has 0 aliphatic carbocycles. The summed E-state index contributed by atoms with van der Waals surface area (Å²) in [5.41, 5.74) is 0.823. The third-order valence-electron chi connectivity index (χ3n) is 4.20. The number of fused-ring (bicyclic) bond motifs is 1. The van der Waals surface area contributed by atoms with Gasteiger partial charge < -0.3 is 19.5 Å². The number of amides is 1. The zero-order valence-electron chi connectivity index (χ0n) is 17.2. The van der Waals surface area contributed by atoms with E-state index in [9.17, 15) is 4.79 Å². The van der Waals surface area contributed by atoms with Crippen LogP contribution < -0.4 is 19.5 Å². The number of benzene rings is 1. The Morgan fingerprint density at radius 2 is 1.90 bits per heavy atom. The second kappa shape index (κ2) is 8.34. The van der Waals surface area contributed by atoms with Crippen molar-refractivity contribution in [2.45, 2.75) is 20.8 Å². The molecule has 9 heteroatoms. The highest BCUT2D eigenvalue weighted by molar-refractivity contribution is 5.81. The van der Waals surface area contributed by atoms with Crippen molar-refractivity contribution in [1.82, 2.24) is 25.1 Å². The Morgan fingerprint density at radius 3 is 2.59 bits per heavy atom. The van der Waals surface area contributed by atoms with Gasteiger partial charge in [0.1, 0.15) is 18.1 Å². The number of rotatable bonds is 7. The molecule has 2 heterocycles. The normalized spacial score (nSPS) is 11.3. The summed E-state index contributed by atoms with van der Waals surface area (Å²) in [6, 6.07) is 8.89. The highest BCUT2D eigenvalue weighted by Crippen LogP contribution is 2.32. The maximum Gasteiger partial charge on any atom is 0.231 e. The Morgan fingerprint density at radius 1 is 1.10 bits per heavy atom. The first-order chi connectivity index (χ1) is 13.8. The van der Waals surface area contributed by atoms with Crippen LogP contribution in [0.4, 0.5) is 0 Å². The lowest BCUT2D eigenvalue weighted by atomic mass is 9.96. The maximum atomic E-state index is 11.9. The fourth-order valence-corrected chi connectivity index (χ4v) is 2.59. The first kappa shape index (κ1) is 20.4. The Kier molecular flexibility index (Phi) is 5.86. The molecule has 0 unspecified atom stereocenters. The predicted molar refractivity (Wildman–Crippen MR) is 107 cm³/mol. The number of nitrogens with one attached hydrogen (secondary N) is 1. The topological polar surface area (TPSA) is 99.9 Å². The van der Waals surface area contributed by atoms with Crippen LogP contribution in [0.2, 0.25) is 0 Å². The molecular formula is C20H25N5O4. The van der Waals surface area contributed by atoms with Crippen LogP contribution in [0.15, 0.2) is 30.3 Å². The summed E-state index contributed by atoms with van der Waals surface area (Å²) >= 11 is 0. The second-order valence-electron chi connectivity index (χ2n) is 7.39. The van der Waals surface area contributed by atoms with Gasteiger partial charge in [0, 0.05) is 11.5 Å². The minimum atomic E-state index is -0.440. The van der Waals surface area contributed by atoms with Gasteiger partial charge in [0.15, 0.2) is 11.5 Å². The molecule has 0 saturated heterocycles. The highest BCUT2D eigenvalue weighted by atomic mass is 16.5. The van der Waals surface area contributed by atoms with E-state index >= 15 is 0 Å². The summed E-state index contributed by atoms with van der Waals surface area (Å²) in [6.07, 6.45) is 0. The van der Waals surface area contributed by atoms with Crippen molar-refractivity contribution in [2.24, 2.45) is 5.41 Å². The van der Waals surface area contributed by atoms with Crippen LogP contribution in [0.25, 0.3) is 17.0 Å². The van der Waals surface area contributed by atoms with Gasteiger partial charge in [-0.15, -0.1) is 15.3 Å². The van der Waals surface area contributed by atoms with Crippen molar-refractivity contribution in [1.29, 1.82) is 0 Å². The zero-order chi connectivity index (χ0) is 21.0. The number of aromatic nitrogens is 4. The number of carbonyl (C=O) groups is 1. The SMILES string of the molecule is COc1ccc(OC)c(-c2nnc3ccc(OCCNC(=O)C(C)(C)C)nn23)c1. The van der Waals surface area contributed by atoms with Crippen LogP contribution in [0, 0.1) is 5.41 Å². The predicted octanol–water partition coefficient (Wildman–Crippen LogP) is 2.35. The van der Waals surface area contributed by atoms with Crippen molar-refractivity contribution in [3.63, 3.8) is 0 Å². The van der Waals surface area contributed by atoms with Crippen LogP contribution >= 0.6 is 0 Å². The molecule has 0 bridgehead atoms. The number of hydrogen-bond acceptors (Lipinski definition) is 7. The summed E-state index contributed by atoms with van der Waals surface area (Å²) < 4.78 is 18.0. The number of carbonyl (C=O) groups excluding carboxylic acids is 1. The second-order valence-corrected chi connectivity index (χ2v) is 7.39. The van der Waals surface area contributed by atoms with Crippen LogP contribution in [-0.2, 0) is 4.79 Å². The quantitative estimate of drug-likeness (QED) is 0.609. The van der Waals surface area contributed by atoms with Gasteiger partial charge in [-0.05, 0) is 24.3 Å². The van der Waals surface area contributed by atoms with E-state index in [1.165, 1.54) is 0 Å². The molecule has 29 heavy (non-hydrogen) atoms. The molecule has 0 fully saturated rings. The third kappa shape index (κ3) is 4.56. The molecule has 0 saturated carbocycles. The first-order valence-corrected chi connectivity index (χ1v) is 9.19. The van der Waals surface area contributed by atoms with Gasteiger partial charge in [0.2, 0.25) is 11.8 Å². The summed E-state index contributed by atoms with van der Waals surface area (Å²) in [5.74, 6) is 2.15. The summed E-state index contributed by atoms with van der Waals surface area (Å²) in [7, 11) is 3.18. The van der Waals surface area contributed by atoms with Crippen molar-refractivity contribution in [3.8, 4) is 28.8 Å². The lowest BCUT2D eigenvalue weighted by Crippen LogP contribution is -2.37. The number of hydrogen-bond donors (Lipinski definition) is 1. The first-order valence-electron chi connectivity index (χ1n) is 9.19. The Balaban J connectivity index is 1.80. The average Bonchev–Trinajstić information content (AvgIpc) is 3.12. The monoisotopic (exact) mass is 399 g/mol. The van der Waals surface area contributed by atoms with Crippen molar-refractivity contribution >= 4 is 11.6 Å². The van der Waals surface area contributed by atoms with E-state index in [1.807, 2.05) is 26.8 Å². The molecule has 9 nitrogen and oxygen atoms in total. The van der Waals surface area contributed by atoms with Gasteiger partial charge in [0.25, 0.3) is 0 Å². The summed E-state index contributed by atoms with van der Waals surface area (Å²) in [4.78, 5) is 11.9. The number of methoxy groups -OCH3 is 2. The van der Waals surface area contributed by atoms with E-state index in [1.54, 1.807) is 43.0 Å². The Hall–Kier alpha value is -3.36. The average molecular weight is 399 g/mol. The zero-order valence-corrected chi connectivity index (χ0v) is 17.2. The molecular weight excluding hydrogens is 374 g/mol. The van der Waals surface area contributed by atoms with Crippen LogP contribution in [0.3, 0.4) is 0 Å². The number of nitrogens with zero attached hydrogens (tertiary/aromatic N) is 4. The molecule has 1 aromatic carbocycles. The minimum Gasteiger partial charge on any atom is -0.497 e. The standard InChI is InChI=1S/C20H25N5O4/c1-20(2,3)19(26)21-10-11-29-17-9-8-16-22-23-18(25(16)24-17)14-12-13(27-4)6-7-15(14)28-5/h6-9,12H,10-11H2,1-5H3,(H,21,26). The van der Waals surface area contributed by atoms with E-state index in [2.05, 4.69) is 20.6 Å². The molecule has 0 spiro atoms. The van der Waals surface area contributed by atoms with Gasteiger partial charge in [-0.2, -0.15) is 4.52 Å². The number of ether oxygens (including phenoxy) is 3. The molecule has 3 aromatic rings. The van der Waals surface area contributed by atoms with Gasteiger partial charge in [-0.25, -0.2) is 0 Å². The summed E-state index contributed by atoms with van der Waals surface area (Å²) in [6.45, 7) is 6.26. The molecule has 154 valence electrons. The maximum absolute atomic E-state index is 11.9. The van der Waals surface area contributed by atoms with Gasteiger partial charge >= 0.3 is 0 Å². The van der Waals surface area contributed by atoms with Crippen molar-refractivity contribution in [2.75, 3.05) is 27.4 Å². The van der Waals surface area contributed by atoms with Gasteiger partial charge in [-0.1, -0.05) is 20.8 Å². The van der Waals surface area contributed by atoms with Crippen LogP contribution in [-0.4, -0.2) is 53.1 Å². The van der Waals surface area contributed by atoms with E-state index in [0.29, 0.717) is 47.6 Å². The molecule has 0 aliphatic heterocycles. The molecule has 0 aliphatic rings. The largest absolute Gasteiger partial charge is 0.497 e. The summed E-state index contributed by atoms with van der Waals surface area (Å²) in [5, 5.41) is 15.7. The fraction of sp³-hybridized carbons (Fsp3) is 0.400. The van der Waals surface area contributed by atoms with E-state index in [4.69, 9.17) is 14.2 Å². The van der Waals surface area contributed by atoms with Crippen LogP contribution in [0.5, 0.6) is 17.4 Å². The third-order valence-corrected chi connectivity index (χ3v) is 4.20. The van der Waals surface area contributed by atoms with Gasteiger partial charge in [-0.3, -0.25) is 4.79 Å². The molecule has 1 N–H and O–H groups in total. The Bertz CT molecular complexity index is 1010. The van der Waals surface area contributed by atoms with E-state index < -0.39 is 5.41 Å². The molecule has 0 atom stereocenters. The minimum absolute atomic E-state index is 0.0317. The smallest absolute Gasteiger partial charge is 0.231 e. The van der Waals surface area contributed by atoms with E-state index in [0.717, 1.165) is 0 Å². The lowest BCUT2D eigenvalue weighted by Gasteiger charge is -2.17. The fourth-order valence-electron chi connectivity index (χ4n) is 2.59. The lowest BCUT2D eigenvalue weighted by molar-refractivity contribution is -0.128. The van der Waals surface area contributed by atoms with Crippen molar-refractivity contribution in [3.05, 3.63) is 30.3 Å². The Labute approximate surface area is 169 Å². The molecule has 2 aromatic heterocycles. The van der Waals surface area contributed by atoms with Crippen LogP contribution in [0.1, 0.15) is 20.8 Å². The highest BCUT2D eigenvalue weighted by Gasteiger charge is 2.20. The van der Waals surface area contributed by atoms with Gasteiger partial charge in [0.05, 0.1) is 26.3 Å². The molecule has 0 radical (unpaired) electrons. The molecule has 1 amide bonds.